The first-order valence-electron chi connectivity index (χ1n) is 6.54. The number of benzene rings is 1. The number of nitrogens with zero attached hydrogens (tertiary/aromatic N) is 3. The number of aromatic nitrogens is 3. The van der Waals surface area contributed by atoms with Gasteiger partial charge in [0.1, 0.15) is 11.5 Å². The molecule has 3 rings (SSSR count). The Morgan fingerprint density at radius 3 is 2.95 bits per heavy atom. The number of hydrogen-bond acceptors (Lipinski definition) is 2. The third-order valence-corrected chi connectivity index (χ3v) is 3.34. The number of aromatic amines is 1. The van der Waals surface area contributed by atoms with Gasteiger partial charge in [0.15, 0.2) is 0 Å². The molecule has 108 valence electrons. The molecule has 0 unspecified atom stereocenters. The van der Waals surface area contributed by atoms with Crippen LogP contribution in [0, 0.1) is 5.82 Å². The van der Waals surface area contributed by atoms with E-state index in [1.165, 1.54) is 12.1 Å². The van der Waals surface area contributed by atoms with Crippen molar-refractivity contribution in [3.05, 3.63) is 53.7 Å². The highest BCUT2D eigenvalue weighted by molar-refractivity contribution is 5.97. The standard InChI is InChI=1S/C15H15FN4O/c1-19(8-10-7-17-20(2)9-10)15(21)14-6-11-5-12(16)3-4-13(11)18-14/h3-7,9,18H,8H2,1-2H3. The van der Waals surface area contributed by atoms with Crippen molar-refractivity contribution in [3.63, 3.8) is 0 Å². The Balaban J connectivity index is 1.82. The normalized spacial score (nSPS) is 11.0. The van der Waals surface area contributed by atoms with Gasteiger partial charge in [-0.1, -0.05) is 0 Å². The molecule has 2 heterocycles. The molecule has 21 heavy (non-hydrogen) atoms. The van der Waals surface area contributed by atoms with Gasteiger partial charge >= 0.3 is 0 Å². The van der Waals surface area contributed by atoms with Crippen LogP contribution in [0.4, 0.5) is 4.39 Å². The fourth-order valence-electron chi connectivity index (χ4n) is 2.32. The van der Waals surface area contributed by atoms with E-state index in [4.69, 9.17) is 0 Å². The van der Waals surface area contributed by atoms with Crippen molar-refractivity contribution in [2.45, 2.75) is 6.54 Å². The van der Waals surface area contributed by atoms with Crippen LogP contribution in [0.3, 0.4) is 0 Å². The Kier molecular flexibility index (Phi) is 3.21. The van der Waals surface area contributed by atoms with Gasteiger partial charge in [-0.3, -0.25) is 9.48 Å². The maximum absolute atomic E-state index is 13.2. The molecule has 0 spiro atoms. The van der Waals surface area contributed by atoms with E-state index in [2.05, 4.69) is 10.1 Å². The number of rotatable bonds is 3. The number of carbonyl (C=O) groups is 1. The summed E-state index contributed by atoms with van der Waals surface area (Å²) < 4.78 is 14.9. The van der Waals surface area contributed by atoms with Gasteiger partial charge in [0.2, 0.25) is 0 Å². The number of aryl methyl sites for hydroxylation is 1. The molecule has 0 saturated carbocycles. The first-order valence-corrected chi connectivity index (χ1v) is 6.54. The summed E-state index contributed by atoms with van der Waals surface area (Å²) in [5, 5.41) is 4.76. The monoisotopic (exact) mass is 286 g/mol. The van der Waals surface area contributed by atoms with Gasteiger partial charge in [0.05, 0.1) is 6.20 Å². The van der Waals surface area contributed by atoms with Crippen LogP contribution in [0.5, 0.6) is 0 Å². The van der Waals surface area contributed by atoms with Crippen LogP contribution in [-0.2, 0) is 13.6 Å². The predicted octanol–water partition coefficient (Wildman–Crippen LogP) is 2.31. The summed E-state index contributed by atoms with van der Waals surface area (Å²) in [7, 11) is 3.55. The molecule has 0 radical (unpaired) electrons. The topological polar surface area (TPSA) is 53.9 Å². The van der Waals surface area contributed by atoms with Crippen LogP contribution in [-0.4, -0.2) is 32.6 Å². The van der Waals surface area contributed by atoms with Crippen LogP contribution in [0.2, 0.25) is 0 Å². The fourth-order valence-corrected chi connectivity index (χ4v) is 2.32. The lowest BCUT2D eigenvalue weighted by molar-refractivity contribution is 0.0780. The van der Waals surface area contributed by atoms with E-state index in [-0.39, 0.29) is 11.7 Å². The summed E-state index contributed by atoms with van der Waals surface area (Å²) in [6.07, 6.45) is 3.59. The number of halogens is 1. The van der Waals surface area contributed by atoms with Gasteiger partial charge < -0.3 is 9.88 Å². The van der Waals surface area contributed by atoms with Crippen molar-refractivity contribution in [1.82, 2.24) is 19.7 Å². The average Bonchev–Trinajstić information content (AvgIpc) is 3.03. The molecule has 6 heteroatoms. The summed E-state index contributed by atoms with van der Waals surface area (Å²) in [5.74, 6) is -0.459. The highest BCUT2D eigenvalue weighted by Crippen LogP contribution is 2.18. The van der Waals surface area contributed by atoms with Crippen molar-refractivity contribution in [2.24, 2.45) is 7.05 Å². The minimum Gasteiger partial charge on any atom is -0.351 e. The first kappa shape index (κ1) is 13.4. The van der Waals surface area contributed by atoms with E-state index in [9.17, 15) is 9.18 Å². The van der Waals surface area contributed by atoms with E-state index < -0.39 is 0 Å². The van der Waals surface area contributed by atoms with Crippen molar-refractivity contribution in [2.75, 3.05) is 7.05 Å². The second-order valence-corrected chi connectivity index (χ2v) is 5.10. The van der Waals surface area contributed by atoms with Crippen LogP contribution in [0.1, 0.15) is 16.1 Å². The molecule has 0 aliphatic carbocycles. The lowest BCUT2D eigenvalue weighted by Gasteiger charge is -2.14. The number of amides is 1. The SMILES string of the molecule is CN(Cc1cnn(C)c1)C(=O)c1cc2cc(F)ccc2[nH]1. The molecular weight excluding hydrogens is 271 g/mol. The first-order chi connectivity index (χ1) is 10.0. The lowest BCUT2D eigenvalue weighted by Crippen LogP contribution is -2.26. The zero-order valence-corrected chi connectivity index (χ0v) is 11.8. The van der Waals surface area contributed by atoms with E-state index >= 15 is 0 Å². The lowest BCUT2D eigenvalue weighted by atomic mass is 10.2. The zero-order chi connectivity index (χ0) is 15.0. The Morgan fingerprint density at radius 2 is 2.24 bits per heavy atom. The predicted molar refractivity (Wildman–Crippen MR) is 77.3 cm³/mol. The highest BCUT2D eigenvalue weighted by atomic mass is 19.1. The molecule has 5 nitrogen and oxygen atoms in total. The van der Waals surface area contributed by atoms with Crippen molar-refractivity contribution in [1.29, 1.82) is 0 Å². The molecule has 2 aromatic heterocycles. The van der Waals surface area contributed by atoms with Crippen molar-refractivity contribution in [3.8, 4) is 0 Å². The Bertz CT molecular complexity index is 805. The van der Waals surface area contributed by atoms with Crippen molar-refractivity contribution < 1.29 is 9.18 Å². The van der Waals surface area contributed by atoms with Gasteiger partial charge in [-0.05, 0) is 24.3 Å². The zero-order valence-electron chi connectivity index (χ0n) is 11.8. The van der Waals surface area contributed by atoms with Gasteiger partial charge in [-0.2, -0.15) is 5.10 Å². The number of H-pyrrole nitrogens is 1. The van der Waals surface area contributed by atoms with Crippen LogP contribution < -0.4 is 0 Å². The quantitative estimate of drug-likeness (QED) is 0.803. The molecule has 0 fully saturated rings. The van der Waals surface area contributed by atoms with Gasteiger partial charge in [-0.15, -0.1) is 0 Å². The van der Waals surface area contributed by atoms with E-state index in [0.29, 0.717) is 17.6 Å². The van der Waals surface area contributed by atoms with E-state index in [1.807, 2.05) is 13.2 Å². The minimum atomic E-state index is -0.316. The molecule has 0 atom stereocenters. The van der Waals surface area contributed by atoms with Crippen LogP contribution >= 0.6 is 0 Å². The van der Waals surface area contributed by atoms with Crippen LogP contribution in [0.15, 0.2) is 36.7 Å². The Morgan fingerprint density at radius 1 is 1.43 bits per heavy atom. The minimum absolute atomic E-state index is 0.143. The third-order valence-electron chi connectivity index (χ3n) is 3.34. The highest BCUT2D eigenvalue weighted by Gasteiger charge is 2.15. The molecule has 0 saturated heterocycles. The van der Waals surface area contributed by atoms with Gasteiger partial charge in [-0.25, -0.2) is 4.39 Å². The van der Waals surface area contributed by atoms with Gasteiger partial charge in [0, 0.05) is 43.3 Å². The molecule has 0 bridgehead atoms. The smallest absolute Gasteiger partial charge is 0.270 e. The van der Waals surface area contributed by atoms with E-state index in [1.54, 1.807) is 35.0 Å². The molecule has 1 amide bonds. The fraction of sp³-hybridized carbons (Fsp3) is 0.200. The number of fused-ring (bicyclic) bond motifs is 1. The maximum atomic E-state index is 13.2. The molecule has 1 N–H and O–H groups in total. The average molecular weight is 286 g/mol. The second kappa shape index (κ2) is 5.05. The van der Waals surface area contributed by atoms with Gasteiger partial charge in [0.25, 0.3) is 5.91 Å². The number of nitrogens with one attached hydrogen (secondary N) is 1. The summed E-state index contributed by atoms with van der Waals surface area (Å²) in [4.78, 5) is 17.0. The molecule has 0 aliphatic heterocycles. The second-order valence-electron chi connectivity index (χ2n) is 5.10. The summed E-state index contributed by atoms with van der Waals surface area (Å²) in [6, 6.07) is 6.07. The largest absolute Gasteiger partial charge is 0.351 e. The number of hydrogen-bond donors (Lipinski definition) is 1. The summed E-state index contributed by atoms with van der Waals surface area (Å²) in [6.45, 7) is 0.469. The van der Waals surface area contributed by atoms with Crippen LogP contribution in [0.25, 0.3) is 10.9 Å². The Labute approximate surface area is 121 Å². The molecule has 0 aliphatic rings. The maximum Gasteiger partial charge on any atom is 0.270 e. The number of carbonyl (C=O) groups excluding carboxylic acids is 1. The third kappa shape index (κ3) is 2.65. The molecular formula is C15H15FN4O. The van der Waals surface area contributed by atoms with Crippen molar-refractivity contribution >= 4 is 16.8 Å². The summed E-state index contributed by atoms with van der Waals surface area (Å²) in [5.41, 5.74) is 2.15. The molecule has 3 aromatic rings. The summed E-state index contributed by atoms with van der Waals surface area (Å²) >= 11 is 0. The Hall–Kier alpha value is -2.63. The molecule has 1 aromatic carbocycles. The van der Waals surface area contributed by atoms with E-state index in [0.717, 1.165) is 11.1 Å².